The van der Waals surface area contributed by atoms with Gasteiger partial charge in [-0.1, -0.05) is 6.07 Å². The van der Waals surface area contributed by atoms with E-state index in [4.69, 9.17) is 5.73 Å². The molecule has 0 amide bonds. The predicted octanol–water partition coefficient (Wildman–Crippen LogP) is 2.27. The van der Waals surface area contributed by atoms with Crippen LogP contribution in [0.25, 0.3) is 16.9 Å². The number of anilines is 1. The maximum absolute atomic E-state index is 13.4. The first-order valence-electron chi connectivity index (χ1n) is 6.09. The number of hydrogen-bond acceptors (Lipinski definition) is 3. The standard InChI is InChI=1S/C13H14FN5/c1-3-18-12-11(8(2)17-18)16-13(15)19(12)10-6-4-5-9(14)7-10/h4-7H,3H2,1-2H3,(H2,15,16). The molecule has 0 saturated carbocycles. The SMILES string of the molecule is CCn1nc(C)c2nc(N)n(-c3cccc(F)c3)c21. The Hall–Kier alpha value is -2.37. The van der Waals surface area contributed by atoms with Crippen LogP contribution >= 0.6 is 0 Å². The van der Waals surface area contributed by atoms with Crippen molar-refractivity contribution in [2.75, 3.05) is 5.73 Å². The average Bonchev–Trinajstić information content (AvgIpc) is 2.86. The van der Waals surface area contributed by atoms with E-state index in [1.807, 2.05) is 18.5 Å². The van der Waals surface area contributed by atoms with Gasteiger partial charge in [0.2, 0.25) is 5.95 Å². The second kappa shape index (κ2) is 4.08. The van der Waals surface area contributed by atoms with E-state index in [0.717, 1.165) is 16.9 Å². The molecule has 0 aliphatic heterocycles. The van der Waals surface area contributed by atoms with Crippen molar-refractivity contribution in [1.29, 1.82) is 0 Å². The van der Waals surface area contributed by atoms with E-state index in [0.29, 0.717) is 18.2 Å². The molecule has 0 saturated heterocycles. The molecule has 3 aromatic rings. The molecule has 19 heavy (non-hydrogen) atoms. The maximum Gasteiger partial charge on any atom is 0.207 e. The van der Waals surface area contributed by atoms with Crippen molar-refractivity contribution in [3.63, 3.8) is 0 Å². The molecule has 5 nitrogen and oxygen atoms in total. The zero-order chi connectivity index (χ0) is 13.6. The van der Waals surface area contributed by atoms with E-state index in [9.17, 15) is 4.39 Å². The number of nitrogen functional groups attached to an aromatic ring is 1. The second-order valence-corrected chi connectivity index (χ2v) is 4.36. The molecule has 2 heterocycles. The number of benzene rings is 1. The van der Waals surface area contributed by atoms with Crippen LogP contribution in [0.1, 0.15) is 12.6 Å². The quantitative estimate of drug-likeness (QED) is 0.768. The van der Waals surface area contributed by atoms with Gasteiger partial charge in [-0.15, -0.1) is 0 Å². The normalized spacial score (nSPS) is 11.3. The van der Waals surface area contributed by atoms with Gasteiger partial charge in [-0.2, -0.15) is 5.10 Å². The largest absolute Gasteiger partial charge is 0.369 e. The first-order valence-corrected chi connectivity index (χ1v) is 6.09. The first-order chi connectivity index (χ1) is 9.11. The number of nitrogens with zero attached hydrogens (tertiary/aromatic N) is 4. The molecule has 98 valence electrons. The molecule has 0 radical (unpaired) electrons. The fraction of sp³-hybridized carbons (Fsp3) is 0.231. The lowest BCUT2D eigenvalue weighted by molar-refractivity contribution is 0.626. The van der Waals surface area contributed by atoms with E-state index < -0.39 is 0 Å². The van der Waals surface area contributed by atoms with Crippen molar-refractivity contribution in [3.8, 4) is 5.69 Å². The fourth-order valence-electron chi connectivity index (χ4n) is 2.28. The van der Waals surface area contributed by atoms with Crippen LogP contribution in [0.2, 0.25) is 0 Å². The van der Waals surface area contributed by atoms with Gasteiger partial charge in [0, 0.05) is 6.54 Å². The summed E-state index contributed by atoms with van der Waals surface area (Å²) in [6, 6.07) is 6.27. The molecule has 0 aliphatic rings. The molecule has 0 spiro atoms. The van der Waals surface area contributed by atoms with Gasteiger partial charge in [-0.3, -0.25) is 4.57 Å². The van der Waals surface area contributed by atoms with Crippen molar-refractivity contribution < 1.29 is 4.39 Å². The summed E-state index contributed by atoms with van der Waals surface area (Å²) in [5.74, 6) is 0.0290. The topological polar surface area (TPSA) is 61.7 Å². The Morgan fingerprint density at radius 3 is 2.84 bits per heavy atom. The Bertz CT molecular complexity index is 756. The summed E-state index contributed by atoms with van der Waals surface area (Å²) in [4.78, 5) is 4.32. The van der Waals surface area contributed by atoms with Crippen LogP contribution in [0, 0.1) is 12.7 Å². The minimum absolute atomic E-state index is 0.307. The third-order valence-corrected chi connectivity index (χ3v) is 3.10. The smallest absolute Gasteiger partial charge is 0.207 e. The van der Waals surface area contributed by atoms with Gasteiger partial charge in [0.15, 0.2) is 5.65 Å². The monoisotopic (exact) mass is 259 g/mol. The van der Waals surface area contributed by atoms with E-state index >= 15 is 0 Å². The predicted molar refractivity (Wildman–Crippen MR) is 71.6 cm³/mol. The van der Waals surface area contributed by atoms with Crippen molar-refractivity contribution in [1.82, 2.24) is 19.3 Å². The number of hydrogen-bond donors (Lipinski definition) is 1. The molecule has 2 aromatic heterocycles. The van der Waals surface area contributed by atoms with Gasteiger partial charge >= 0.3 is 0 Å². The van der Waals surface area contributed by atoms with Crippen molar-refractivity contribution in [2.24, 2.45) is 0 Å². The second-order valence-electron chi connectivity index (χ2n) is 4.36. The summed E-state index contributed by atoms with van der Waals surface area (Å²) in [7, 11) is 0. The summed E-state index contributed by atoms with van der Waals surface area (Å²) < 4.78 is 16.9. The van der Waals surface area contributed by atoms with Gasteiger partial charge < -0.3 is 5.73 Å². The number of halogens is 1. The highest BCUT2D eigenvalue weighted by Gasteiger charge is 2.17. The van der Waals surface area contributed by atoms with E-state index in [1.54, 1.807) is 16.7 Å². The lowest BCUT2D eigenvalue weighted by Crippen LogP contribution is -2.06. The minimum atomic E-state index is -0.307. The highest BCUT2D eigenvalue weighted by Crippen LogP contribution is 2.25. The molecule has 6 heteroatoms. The number of nitrogens with two attached hydrogens (primary N) is 1. The van der Waals surface area contributed by atoms with Gasteiger partial charge in [0.05, 0.1) is 11.4 Å². The number of aryl methyl sites for hydroxylation is 2. The van der Waals surface area contributed by atoms with E-state index in [-0.39, 0.29) is 5.82 Å². The van der Waals surface area contributed by atoms with Crippen LogP contribution in [-0.4, -0.2) is 19.3 Å². The zero-order valence-electron chi connectivity index (χ0n) is 10.8. The van der Waals surface area contributed by atoms with Gasteiger partial charge in [0.25, 0.3) is 0 Å². The van der Waals surface area contributed by atoms with Crippen LogP contribution in [0.15, 0.2) is 24.3 Å². The molecular formula is C13H14FN5. The Labute approximate surface area is 109 Å². The third kappa shape index (κ3) is 1.68. The number of imidazole rings is 1. The average molecular weight is 259 g/mol. The molecule has 0 fully saturated rings. The van der Waals surface area contributed by atoms with Gasteiger partial charge in [-0.05, 0) is 32.0 Å². The van der Waals surface area contributed by atoms with E-state index in [1.165, 1.54) is 12.1 Å². The molecule has 1 aromatic carbocycles. The maximum atomic E-state index is 13.4. The molecule has 2 N–H and O–H groups in total. The summed E-state index contributed by atoms with van der Waals surface area (Å²) in [5, 5.41) is 4.40. The fourth-order valence-corrected chi connectivity index (χ4v) is 2.28. The molecular weight excluding hydrogens is 245 g/mol. The van der Waals surface area contributed by atoms with Crippen LogP contribution in [-0.2, 0) is 6.54 Å². The Kier molecular flexibility index (Phi) is 2.51. The van der Waals surface area contributed by atoms with Crippen LogP contribution in [0.5, 0.6) is 0 Å². The lowest BCUT2D eigenvalue weighted by Gasteiger charge is -2.07. The molecule has 0 unspecified atom stereocenters. The number of fused-ring (bicyclic) bond motifs is 1. The molecule has 3 rings (SSSR count). The number of aromatic nitrogens is 4. The van der Waals surface area contributed by atoms with Crippen LogP contribution in [0.3, 0.4) is 0 Å². The summed E-state index contributed by atoms with van der Waals surface area (Å²) in [6.07, 6.45) is 0. The Balaban J connectivity index is 2.37. The van der Waals surface area contributed by atoms with Crippen molar-refractivity contribution in [3.05, 3.63) is 35.8 Å². The Morgan fingerprint density at radius 2 is 2.16 bits per heavy atom. The van der Waals surface area contributed by atoms with Crippen LogP contribution < -0.4 is 5.73 Å². The summed E-state index contributed by atoms with van der Waals surface area (Å²) in [5.41, 5.74) is 8.97. The summed E-state index contributed by atoms with van der Waals surface area (Å²) >= 11 is 0. The van der Waals surface area contributed by atoms with Gasteiger partial charge in [0.1, 0.15) is 11.3 Å². The van der Waals surface area contributed by atoms with Crippen molar-refractivity contribution >= 4 is 17.1 Å². The molecule has 0 bridgehead atoms. The molecule has 0 atom stereocenters. The highest BCUT2D eigenvalue weighted by molar-refractivity contribution is 5.80. The van der Waals surface area contributed by atoms with Crippen LogP contribution in [0.4, 0.5) is 10.3 Å². The number of rotatable bonds is 2. The molecule has 0 aliphatic carbocycles. The lowest BCUT2D eigenvalue weighted by atomic mass is 10.3. The first kappa shape index (κ1) is 11.7. The third-order valence-electron chi connectivity index (χ3n) is 3.10. The summed E-state index contributed by atoms with van der Waals surface area (Å²) in [6.45, 7) is 4.58. The Morgan fingerprint density at radius 1 is 1.37 bits per heavy atom. The zero-order valence-corrected chi connectivity index (χ0v) is 10.8. The minimum Gasteiger partial charge on any atom is -0.369 e. The van der Waals surface area contributed by atoms with E-state index in [2.05, 4.69) is 10.1 Å². The van der Waals surface area contributed by atoms with Gasteiger partial charge in [-0.25, -0.2) is 14.1 Å². The van der Waals surface area contributed by atoms with Crippen molar-refractivity contribution in [2.45, 2.75) is 20.4 Å². The highest BCUT2D eigenvalue weighted by atomic mass is 19.1.